The summed E-state index contributed by atoms with van der Waals surface area (Å²) in [7, 11) is 0. The van der Waals surface area contributed by atoms with Crippen LogP contribution in [-0.2, 0) is 22.4 Å². The number of carbonyl (C=O) groups excluding carboxylic acids is 1. The zero-order valence-corrected chi connectivity index (χ0v) is 19.3. The van der Waals surface area contributed by atoms with Crippen LogP contribution >= 0.6 is 23.2 Å². The van der Waals surface area contributed by atoms with E-state index in [1.165, 1.54) is 0 Å². The number of anilines is 1. The van der Waals surface area contributed by atoms with E-state index >= 15 is 0 Å². The molecule has 0 saturated carbocycles. The summed E-state index contributed by atoms with van der Waals surface area (Å²) in [5.41, 5.74) is 3.31. The first kappa shape index (κ1) is 22.8. The van der Waals surface area contributed by atoms with Crippen molar-refractivity contribution in [2.24, 2.45) is 0 Å². The molecule has 1 aromatic carbocycles. The highest BCUT2D eigenvalue weighted by atomic mass is 35.5. The Kier molecular flexibility index (Phi) is 7.55. The molecule has 1 amide bonds. The molecule has 1 fully saturated rings. The van der Waals surface area contributed by atoms with Gasteiger partial charge in [-0.25, -0.2) is 9.97 Å². The van der Waals surface area contributed by atoms with E-state index in [0.29, 0.717) is 42.6 Å². The molecule has 2 unspecified atom stereocenters. The Labute approximate surface area is 187 Å². The minimum Gasteiger partial charge on any atom is -0.374 e. The summed E-state index contributed by atoms with van der Waals surface area (Å²) >= 11 is 12.5. The molecule has 1 aromatic heterocycles. The van der Waals surface area contributed by atoms with Gasteiger partial charge in [0.2, 0.25) is 5.91 Å². The molecule has 3 rings (SSSR count). The molecule has 0 radical (unpaired) electrons. The van der Waals surface area contributed by atoms with Gasteiger partial charge in [0, 0.05) is 37.2 Å². The van der Waals surface area contributed by atoms with Crippen LogP contribution in [0.3, 0.4) is 0 Å². The van der Waals surface area contributed by atoms with Crippen LogP contribution in [0.4, 0.5) is 5.82 Å². The molecule has 0 bridgehead atoms. The third-order valence-corrected chi connectivity index (χ3v) is 5.86. The summed E-state index contributed by atoms with van der Waals surface area (Å²) in [4.78, 5) is 23.5. The number of nitrogens with one attached hydrogen (secondary N) is 1. The number of hydrogen-bond donors (Lipinski definition) is 1. The van der Waals surface area contributed by atoms with Crippen molar-refractivity contribution in [1.82, 2.24) is 14.9 Å². The van der Waals surface area contributed by atoms with Crippen molar-refractivity contribution < 1.29 is 9.53 Å². The average Bonchev–Trinajstić information content (AvgIpc) is 3.11. The van der Waals surface area contributed by atoms with Gasteiger partial charge >= 0.3 is 0 Å². The molecule has 0 spiro atoms. The van der Waals surface area contributed by atoms with Crippen molar-refractivity contribution in [2.75, 3.05) is 25.0 Å². The van der Waals surface area contributed by atoms with Gasteiger partial charge in [0.05, 0.1) is 34.3 Å². The summed E-state index contributed by atoms with van der Waals surface area (Å²) in [5.74, 6) is 0.788. The van der Waals surface area contributed by atoms with Gasteiger partial charge in [-0.3, -0.25) is 4.79 Å². The first-order valence-electron chi connectivity index (χ1n) is 10.4. The number of benzene rings is 1. The average molecular weight is 451 g/mol. The monoisotopic (exact) mass is 450 g/mol. The Bertz CT molecular complexity index is 922. The maximum Gasteiger partial charge on any atom is 0.219 e. The van der Waals surface area contributed by atoms with Crippen molar-refractivity contribution in [3.05, 3.63) is 39.6 Å². The number of halogens is 2. The first-order valence-corrected chi connectivity index (χ1v) is 11.1. The van der Waals surface area contributed by atoms with Crippen LogP contribution in [0.15, 0.2) is 18.2 Å². The van der Waals surface area contributed by atoms with Gasteiger partial charge in [0.1, 0.15) is 5.82 Å². The summed E-state index contributed by atoms with van der Waals surface area (Å²) in [6.45, 7) is 9.39. The standard InChI is InChI=1S/C22H28Cl2N4O2/c1-5-17-21(15-9-8-14(23)10-16(15)24)25-18(6-2)22(26-17)27-19-11-28(13(4)29)12-20(19)30-7-3/h8-10,19-20H,5-7,11-12H2,1-4H3,(H,26,27). The van der Waals surface area contributed by atoms with Gasteiger partial charge in [-0.05, 0) is 38.0 Å². The third kappa shape index (κ3) is 4.88. The van der Waals surface area contributed by atoms with Crippen LogP contribution < -0.4 is 5.32 Å². The molecule has 2 atom stereocenters. The van der Waals surface area contributed by atoms with E-state index < -0.39 is 0 Å². The highest BCUT2D eigenvalue weighted by Gasteiger charge is 2.35. The van der Waals surface area contributed by atoms with E-state index in [9.17, 15) is 4.79 Å². The van der Waals surface area contributed by atoms with Gasteiger partial charge < -0.3 is 15.0 Å². The number of rotatable bonds is 7. The molecule has 0 aliphatic carbocycles. The molecule has 30 heavy (non-hydrogen) atoms. The fourth-order valence-electron chi connectivity index (χ4n) is 3.74. The predicted molar refractivity (Wildman–Crippen MR) is 121 cm³/mol. The van der Waals surface area contributed by atoms with E-state index in [0.717, 1.165) is 28.5 Å². The second-order valence-corrected chi connectivity index (χ2v) is 8.16. The number of aryl methyl sites for hydroxylation is 2. The van der Waals surface area contributed by atoms with Crippen molar-refractivity contribution >= 4 is 34.9 Å². The minimum absolute atomic E-state index is 0.0388. The maximum absolute atomic E-state index is 11.9. The summed E-state index contributed by atoms with van der Waals surface area (Å²) in [5, 5.41) is 4.65. The van der Waals surface area contributed by atoms with Crippen LogP contribution in [-0.4, -0.2) is 52.6 Å². The van der Waals surface area contributed by atoms with Crippen LogP contribution in [0.1, 0.15) is 39.1 Å². The van der Waals surface area contributed by atoms with Gasteiger partial charge in [-0.15, -0.1) is 0 Å². The smallest absolute Gasteiger partial charge is 0.219 e. The van der Waals surface area contributed by atoms with Gasteiger partial charge in [0.25, 0.3) is 0 Å². The molecule has 6 nitrogen and oxygen atoms in total. The zero-order chi connectivity index (χ0) is 21.8. The lowest BCUT2D eigenvalue weighted by atomic mass is 10.1. The molecule has 8 heteroatoms. The SMILES string of the molecule is CCOC1CN(C(C)=O)CC1Nc1nc(CC)c(-c2ccc(Cl)cc2Cl)nc1CC. The normalized spacial score (nSPS) is 18.7. The van der Waals surface area contributed by atoms with E-state index in [4.69, 9.17) is 37.9 Å². The molecule has 1 saturated heterocycles. The lowest BCUT2D eigenvalue weighted by Gasteiger charge is -2.22. The Hall–Kier alpha value is -1.89. The van der Waals surface area contributed by atoms with E-state index in [1.54, 1.807) is 17.9 Å². The van der Waals surface area contributed by atoms with Crippen LogP contribution in [0, 0.1) is 0 Å². The summed E-state index contributed by atoms with van der Waals surface area (Å²) in [6.07, 6.45) is 1.33. The Balaban J connectivity index is 1.96. The predicted octanol–water partition coefficient (Wildman–Crippen LogP) is 4.62. The molecule has 2 aromatic rings. The lowest BCUT2D eigenvalue weighted by molar-refractivity contribution is -0.128. The molecule has 1 aliphatic heterocycles. The molecule has 162 valence electrons. The van der Waals surface area contributed by atoms with Gasteiger partial charge in [0.15, 0.2) is 0 Å². The number of nitrogens with zero attached hydrogens (tertiary/aromatic N) is 3. The minimum atomic E-state index is -0.0825. The second kappa shape index (κ2) is 9.94. The highest BCUT2D eigenvalue weighted by molar-refractivity contribution is 6.36. The van der Waals surface area contributed by atoms with Crippen LogP contribution in [0.5, 0.6) is 0 Å². The first-order chi connectivity index (χ1) is 14.4. The molecule has 1 N–H and O–H groups in total. The van der Waals surface area contributed by atoms with Crippen molar-refractivity contribution in [3.63, 3.8) is 0 Å². The Morgan fingerprint density at radius 2 is 1.90 bits per heavy atom. The fourth-order valence-corrected chi connectivity index (χ4v) is 4.24. The van der Waals surface area contributed by atoms with E-state index in [2.05, 4.69) is 5.32 Å². The van der Waals surface area contributed by atoms with E-state index in [-0.39, 0.29) is 18.1 Å². The third-order valence-electron chi connectivity index (χ3n) is 5.31. The van der Waals surface area contributed by atoms with Gasteiger partial charge in [-0.2, -0.15) is 0 Å². The quantitative estimate of drug-likeness (QED) is 0.665. The maximum atomic E-state index is 11.9. The Morgan fingerprint density at radius 1 is 1.17 bits per heavy atom. The lowest BCUT2D eigenvalue weighted by Crippen LogP contribution is -2.35. The molecular formula is C22H28Cl2N4O2. The number of ether oxygens (including phenoxy) is 1. The topological polar surface area (TPSA) is 67.3 Å². The molecule has 1 aliphatic rings. The Morgan fingerprint density at radius 3 is 2.50 bits per heavy atom. The zero-order valence-electron chi connectivity index (χ0n) is 17.8. The number of likely N-dealkylation sites (tertiary alicyclic amines) is 1. The highest BCUT2D eigenvalue weighted by Crippen LogP contribution is 2.33. The fraction of sp³-hybridized carbons (Fsp3) is 0.500. The number of carbonyl (C=O) groups is 1. The van der Waals surface area contributed by atoms with Crippen molar-refractivity contribution in [2.45, 2.75) is 52.7 Å². The largest absolute Gasteiger partial charge is 0.374 e. The van der Waals surface area contributed by atoms with Crippen LogP contribution in [0.2, 0.25) is 10.0 Å². The number of aromatic nitrogens is 2. The number of hydrogen-bond acceptors (Lipinski definition) is 5. The van der Waals surface area contributed by atoms with Gasteiger partial charge in [-0.1, -0.05) is 37.0 Å². The van der Waals surface area contributed by atoms with Crippen molar-refractivity contribution in [1.29, 1.82) is 0 Å². The summed E-state index contributed by atoms with van der Waals surface area (Å²) < 4.78 is 5.88. The molecular weight excluding hydrogens is 423 g/mol. The second-order valence-electron chi connectivity index (χ2n) is 7.31. The van der Waals surface area contributed by atoms with Crippen molar-refractivity contribution in [3.8, 4) is 11.3 Å². The van der Waals surface area contributed by atoms with Crippen LogP contribution in [0.25, 0.3) is 11.3 Å². The van der Waals surface area contributed by atoms with E-state index in [1.807, 2.05) is 32.9 Å². The number of amides is 1. The molecule has 2 heterocycles. The summed E-state index contributed by atoms with van der Waals surface area (Å²) in [6, 6.07) is 5.37.